The summed E-state index contributed by atoms with van der Waals surface area (Å²) in [6.07, 6.45) is 0. The Bertz CT molecular complexity index is 741. The maximum Gasteiger partial charge on any atom is 0.123 e. The zero-order chi connectivity index (χ0) is 15.9. The third-order valence-corrected chi connectivity index (χ3v) is 3.49. The molecule has 1 N–H and O–H groups in total. The van der Waals surface area contributed by atoms with Gasteiger partial charge in [-0.05, 0) is 47.5 Å². The third-order valence-electron chi connectivity index (χ3n) is 3.49. The lowest BCUT2D eigenvalue weighted by Crippen LogP contribution is -2.11. The van der Waals surface area contributed by atoms with Crippen LogP contribution < -0.4 is 10.1 Å². The quantitative estimate of drug-likeness (QED) is 0.648. The first-order valence-corrected chi connectivity index (χ1v) is 7.59. The summed E-state index contributed by atoms with van der Waals surface area (Å²) in [6, 6.07) is 24.6. The Kier molecular flexibility index (Phi) is 4.89. The van der Waals surface area contributed by atoms with Crippen LogP contribution in [0.2, 0.25) is 0 Å². The number of anilines is 1. The van der Waals surface area contributed by atoms with Crippen molar-refractivity contribution >= 4 is 5.69 Å². The fourth-order valence-electron chi connectivity index (χ4n) is 2.33. The number of hydrogen-bond acceptors (Lipinski definition) is 2. The van der Waals surface area contributed by atoms with Gasteiger partial charge in [0.15, 0.2) is 0 Å². The fourth-order valence-corrected chi connectivity index (χ4v) is 2.33. The van der Waals surface area contributed by atoms with Crippen molar-refractivity contribution in [2.24, 2.45) is 0 Å². The van der Waals surface area contributed by atoms with Crippen LogP contribution in [-0.2, 0) is 0 Å². The van der Waals surface area contributed by atoms with Crippen LogP contribution in [-0.4, -0.2) is 13.2 Å². The van der Waals surface area contributed by atoms with Gasteiger partial charge in [-0.2, -0.15) is 0 Å². The van der Waals surface area contributed by atoms with Crippen LogP contribution in [0.1, 0.15) is 0 Å². The molecule has 0 spiro atoms. The molecule has 116 valence electrons. The summed E-state index contributed by atoms with van der Waals surface area (Å²) in [4.78, 5) is 0. The molecule has 0 heterocycles. The standard InChI is InChI=1S/C20H18FNO/c21-18-9-11-19(12-10-18)22-13-14-23-20-8-4-7-17(15-20)16-5-2-1-3-6-16/h1-12,15,22H,13-14H2. The predicted molar refractivity (Wildman–Crippen MR) is 92.3 cm³/mol. The van der Waals surface area contributed by atoms with Crippen LogP contribution in [0.15, 0.2) is 78.9 Å². The molecule has 2 nitrogen and oxygen atoms in total. The number of hydrogen-bond donors (Lipinski definition) is 1. The minimum Gasteiger partial charge on any atom is -0.492 e. The highest BCUT2D eigenvalue weighted by molar-refractivity contribution is 5.64. The van der Waals surface area contributed by atoms with Gasteiger partial charge in [0.1, 0.15) is 18.2 Å². The average Bonchev–Trinajstić information content (AvgIpc) is 2.61. The van der Waals surface area contributed by atoms with Crippen molar-refractivity contribution < 1.29 is 9.13 Å². The van der Waals surface area contributed by atoms with Crippen molar-refractivity contribution in [2.45, 2.75) is 0 Å². The van der Waals surface area contributed by atoms with Crippen molar-refractivity contribution in [3.05, 3.63) is 84.7 Å². The van der Waals surface area contributed by atoms with E-state index in [1.54, 1.807) is 12.1 Å². The maximum atomic E-state index is 12.8. The van der Waals surface area contributed by atoms with Gasteiger partial charge in [0, 0.05) is 12.2 Å². The van der Waals surface area contributed by atoms with Crippen LogP contribution in [0.3, 0.4) is 0 Å². The van der Waals surface area contributed by atoms with Gasteiger partial charge >= 0.3 is 0 Å². The van der Waals surface area contributed by atoms with E-state index in [1.165, 1.54) is 17.7 Å². The Labute approximate surface area is 135 Å². The van der Waals surface area contributed by atoms with E-state index in [0.717, 1.165) is 17.0 Å². The van der Waals surface area contributed by atoms with E-state index in [1.807, 2.05) is 36.4 Å². The highest BCUT2D eigenvalue weighted by Gasteiger charge is 2.00. The van der Waals surface area contributed by atoms with Crippen LogP contribution >= 0.6 is 0 Å². The largest absolute Gasteiger partial charge is 0.492 e. The Morgan fingerprint density at radius 2 is 1.52 bits per heavy atom. The van der Waals surface area contributed by atoms with Gasteiger partial charge in [-0.25, -0.2) is 4.39 Å². The molecule has 0 amide bonds. The molecule has 0 aliphatic heterocycles. The molecule has 0 saturated carbocycles. The predicted octanol–water partition coefficient (Wildman–Crippen LogP) is 4.98. The van der Waals surface area contributed by atoms with E-state index in [9.17, 15) is 4.39 Å². The first kappa shape index (κ1) is 15.1. The summed E-state index contributed by atoms with van der Waals surface area (Å²) < 4.78 is 18.6. The average molecular weight is 307 g/mol. The molecule has 3 aromatic carbocycles. The van der Waals surface area contributed by atoms with Crippen molar-refractivity contribution in [3.63, 3.8) is 0 Å². The summed E-state index contributed by atoms with van der Waals surface area (Å²) in [6.45, 7) is 1.19. The Morgan fingerprint density at radius 3 is 2.30 bits per heavy atom. The summed E-state index contributed by atoms with van der Waals surface area (Å²) in [5.41, 5.74) is 3.19. The fraction of sp³-hybridized carbons (Fsp3) is 0.100. The van der Waals surface area contributed by atoms with Crippen molar-refractivity contribution in [3.8, 4) is 16.9 Å². The van der Waals surface area contributed by atoms with Gasteiger partial charge in [0.05, 0.1) is 0 Å². The van der Waals surface area contributed by atoms with Gasteiger partial charge in [0.2, 0.25) is 0 Å². The number of nitrogens with one attached hydrogen (secondary N) is 1. The topological polar surface area (TPSA) is 21.3 Å². The van der Waals surface area contributed by atoms with E-state index in [4.69, 9.17) is 4.74 Å². The minimum atomic E-state index is -0.232. The molecule has 0 bridgehead atoms. The molecule has 0 atom stereocenters. The molecule has 0 aliphatic rings. The van der Waals surface area contributed by atoms with E-state index in [-0.39, 0.29) is 5.82 Å². The van der Waals surface area contributed by atoms with Crippen molar-refractivity contribution in [1.82, 2.24) is 0 Å². The molecule has 0 saturated heterocycles. The maximum absolute atomic E-state index is 12.8. The van der Waals surface area contributed by atoms with Crippen LogP contribution in [0.25, 0.3) is 11.1 Å². The van der Waals surface area contributed by atoms with Gasteiger partial charge < -0.3 is 10.1 Å². The van der Waals surface area contributed by atoms with Gasteiger partial charge in [-0.15, -0.1) is 0 Å². The molecule has 0 fully saturated rings. The normalized spacial score (nSPS) is 10.3. The molecule has 3 rings (SSSR count). The number of benzene rings is 3. The summed E-state index contributed by atoms with van der Waals surface area (Å²) in [5, 5.41) is 3.20. The van der Waals surface area contributed by atoms with Gasteiger partial charge in [-0.1, -0.05) is 42.5 Å². The van der Waals surface area contributed by atoms with Crippen molar-refractivity contribution in [1.29, 1.82) is 0 Å². The lowest BCUT2D eigenvalue weighted by molar-refractivity contribution is 0.333. The van der Waals surface area contributed by atoms with Crippen LogP contribution in [0.5, 0.6) is 5.75 Å². The monoisotopic (exact) mass is 307 g/mol. The highest BCUT2D eigenvalue weighted by atomic mass is 19.1. The number of rotatable bonds is 6. The van der Waals surface area contributed by atoms with E-state index < -0.39 is 0 Å². The molecular formula is C20H18FNO. The molecule has 3 heteroatoms. The second kappa shape index (κ2) is 7.45. The lowest BCUT2D eigenvalue weighted by atomic mass is 10.1. The van der Waals surface area contributed by atoms with Gasteiger partial charge in [0.25, 0.3) is 0 Å². The van der Waals surface area contributed by atoms with Crippen molar-refractivity contribution in [2.75, 3.05) is 18.5 Å². The first-order chi connectivity index (χ1) is 11.3. The second-order valence-corrected chi connectivity index (χ2v) is 5.18. The lowest BCUT2D eigenvalue weighted by Gasteiger charge is -2.10. The first-order valence-electron chi connectivity index (χ1n) is 7.59. The minimum absolute atomic E-state index is 0.232. The highest BCUT2D eigenvalue weighted by Crippen LogP contribution is 2.23. The SMILES string of the molecule is Fc1ccc(NCCOc2cccc(-c3ccccc3)c2)cc1. The molecule has 3 aromatic rings. The molecule has 0 unspecified atom stereocenters. The van der Waals surface area contributed by atoms with E-state index in [2.05, 4.69) is 23.5 Å². The van der Waals surface area contributed by atoms with E-state index in [0.29, 0.717) is 13.2 Å². The summed E-state index contributed by atoms with van der Waals surface area (Å²) >= 11 is 0. The number of ether oxygens (including phenoxy) is 1. The summed E-state index contributed by atoms with van der Waals surface area (Å²) in [5.74, 6) is 0.608. The smallest absolute Gasteiger partial charge is 0.123 e. The Hall–Kier alpha value is -2.81. The Morgan fingerprint density at radius 1 is 0.783 bits per heavy atom. The van der Waals surface area contributed by atoms with Gasteiger partial charge in [-0.3, -0.25) is 0 Å². The second-order valence-electron chi connectivity index (χ2n) is 5.18. The molecule has 23 heavy (non-hydrogen) atoms. The molecular weight excluding hydrogens is 289 g/mol. The van der Waals surface area contributed by atoms with Crippen LogP contribution in [0, 0.1) is 5.82 Å². The Balaban J connectivity index is 1.53. The third kappa shape index (κ3) is 4.33. The zero-order valence-electron chi connectivity index (χ0n) is 12.7. The molecule has 0 radical (unpaired) electrons. The molecule has 0 aromatic heterocycles. The molecule has 0 aliphatic carbocycles. The zero-order valence-corrected chi connectivity index (χ0v) is 12.7. The number of halogens is 1. The van der Waals surface area contributed by atoms with Crippen LogP contribution in [0.4, 0.5) is 10.1 Å². The summed E-state index contributed by atoms with van der Waals surface area (Å²) in [7, 11) is 0. The van der Waals surface area contributed by atoms with E-state index >= 15 is 0 Å².